The van der Waals surface area contributed by atoms with Gasteiger partial charge in [0, 0.05) is 41.5 Å². The van der Waals surface area contributed by atoms with Gasteiger partial charge in [-0.05, 0) is 12.0 Å². The Morgan fingerprint density at radius 3 is 2.88 bits per heavy atom. The molecule has 0 amide bonds. The summed E-state index contributed by atoms with van der Waals surface area (Å²) >= 11 is 0. The zero-order valence-corrected chi connectivity index (χ0v) is 10.2. The number of amidine groups is 1. The van der Waals surface area contributed by atoms with Gasteiger partial charge in [0.25, 0.3) is 0 Å². The van der Waals surface area contributed by atoms with E-state index in [2.05, 4.69) is 11.0 Å². The minimum Gasteiger partial charge on any atom is -0.352 e. The fourth-order valence-electron chi connectivity index (χ4n) is 1.99. The minimum atomic E-state index is -0.724. The van der Waals surface area contributed by atoms with Crippen LogP contribution in [0.4, 0.5) is 0 Å². The molecular weight excluding hydrogens is 220 g/mol. The topological polar surface area (TPSA) is 44.2 Å². The van der Waals surface area contributed by atoms with Crippen LogP contribution >= 0.6 is 0 Å². The standard InChI is InChI=1S/C12H16N2OS/c1-16(15)8-4-7-14-9-10-5-2-3-6-11(10)12(14)13/h2-3,5-6,13H,4,7-9H2,1H3. The molecule has 16 heavy (non-hydrogen) atoms. The van der Waals surface area contributed by atoms with Gasteiger partial charge in [-0.3, -0.25) is 9.62 Å². The average Bonchev–Trinajstić information content (AvgIpc) is 2.56. The van der Waals surface area contributed by atoms with Gasteiger partial charge < -0.3 is 4.90 Å². The number of nitrogens with one attached hydrogen (secondary N) is 1. The zero-order valence-electron chi connectivity index (χ0n) is 9.40. The smallest absolute Gasteiger partial charge is 0.128 e. The predicted octanol–water partition coefficient (Wildman–Crippen LogP) is 1.60. The van der Waals surface area contributed by atoms with Crippen molar-refractivity contribution < 1.29 is 4.21 Å². The lowest BCUT2D eigenvalue weighted by Crippen LogP contribution is -2.25. The number of hydrogen-bond donors (Lipinski definition) is 1. The van der Waals surface area contributed by atoms with Crippen LogP contribution in [0.25, 0.3) is 0 Å². The molecule has 0 saturated heterocycles. The van der Waals surface area contributed by atoms with E-state index >= 15 is 0 Å². The summed E-state index contributed by atoms with van der Waals surface area (Å²) in [6.07, 6.45) is 2.61. The summed E-state index contributed by atoms with van der Waals surface area (Å²) in [5.74, 6) is 1.33. The Balaban J connectivity index is 1.97. The Kier molecular flexibility index (Phi) is 3.39. The maximum atomic E-state index is 11.0. The van der Waals surface area contributed by atoms with Crippen molar-refractivity contribution in [3.05, 3.63) is 35.4 Å². The SMILES string of the molecule is CS(=O)CCCN1Cc2ccccc2C1=N. The van der Waals surface area contributed by atoms with E-state index in [1.54, 1.807) is 6.26 Å². The number of hydrogen-bond acceptors (Lipinski definition) is 2. The summed E-state index contributed by atoms with van der Waals surface area (Å²) in [6, 6.07) is 8.05. The van der Waals surface area contributed by atoms with Crippen molar-refractivity contribution in [2.75, 3.05) is 18.6 Å². The van der Waals surface area contributed by atoms with Crippen LogP contribution in [-0.4, -0.2) is 33.5 Å². The second-order valence-electron chi connectivity index (χ2n) is 4.06. The molecule has 1 aliphatic heterocycles. The lowest BCUT2D eigenvalue weighted by molar-refractivity contribution is 0.428. The van der Waals surface area contributed by atoms with Gasteiger partial charge in [-0.25, -0.2) is 0 Å². The summed E-state index contributed by atoms with van der Waals surface area (Å²) in [7, 11) is -0.724. The van der Waals surface area contributed by atoms with Gasteiger partial charge in [0.1, 0.15) is 5.84 Å². The van der Waals surface area contributed by atoms with E-state index in [4.69, 9.17) is 5.41 Å². The van der Waals surface area contributed by atoms with E-state index in [1.807, 2.05) is 18.2 Å². The van der Waals surface area contributed by atoms with Gasteiger partial charge in [-0.2, -0.15) is 0 Å². The molecule has 0 aromatic heterocycles. The Labute approximate surface area is 98.4 Å². The van der Waals surface area contributed by atoms with Crippen LogP contribution in [0.2, 0.25) is 0 Å². The first-order chi connectivity index (χ1) is 7.68. The maximum absolute atomic E-state index is 11.0. The first-order valence-electron chi connectivity index (χ1n) is 5.40. The molecule has 0 fully saturated rings. The highest BCUT2D eigenvalue weighted by molar-refractivity contribution is 7.84. The average molecular weight is 236 g/mol. The summed E-state index contributed by atoms with van der Waals surface area (Å²) in [6.45, 7) is 1.65. The Bertz CT molecular complexity index is 431. The van der Waals surface area contributed by atoms with Crippen molar-refractivity contribution >= 4 is 16.6 Å². The molecule has 1 heterocycles. The molecule has 1 aromatic carbocycles. The third kappa shape index (κ3) is 2.32. The van der Waals surface area contributed by atoms with Crippen molar-refractivity contribution in [2.45, 2.75) is 13.0 Å². The Morgan fingerprint density at radius 2 is 2.19 bits per heavy atom. The zero-order chi connectivity index (χ0) is 11.5. The second-order valence-corrected chi connectivity index (χ2v) is 5.61. The van der Waals surface area contributed by atoms with E-state index < -0.39 is 10.8 Å². The van der Waals surface area contributed by atoms with Gasteiger partial charge in [0.2, 0.25) is 0 Å². The first-order valence-corrected chi connectivity index (χ1v) is 7.13. The summed E-state index contributed by atoms with van der Waals surface area (Å²) < 4.78 is 11.0. The highest BCUT2D eigenvalue weighted by Crippen LogP contribution is 2.22. The second kappa shape index (κ2) is 4.78. The molecule has 0 aliphatic carbocycles. The van der Waals surface area contributed by atoms with Gasteiger partial charge >= 0.3 is 0 Å². The van der Waals surface area contributed by atoms with Crippen LogP contribution in [0.3, 0.4) is 0 Å². The molecule has 86 valence electrons. The number of rotatable bonds is 4. The molecule has 2 rings (SSSR count). The minimum absolute atomic E-state index is 0.609. The van der Waals surface area contributed by atoms with Gasteiger partial charge in [0.15, 0.2) is 0 Å². The third-order valence-electron chi connectivity index (χ3n) is 2.81. The third-order valence-corrected chi connectivity index (χ3v) is 3.67. The summed E-state index contributed by atoms with van der Waals surface area (Å²) in [4.78, 5) is 2.05. The van der Waals surface area contributed by atoms with Crippen molar-refractivity contribution in [2.24, 2.45) is 0 Å². The van der Waals surface area contributed by atoms with E-state index in [-0.39, 0.29) is 0 Å². The molecular formula is C12H16N2OS. The van der Waals surface area contributed by atoms with E-state index in [0.717, 1.165) is 30.8 Å². The fraction of sp³-hybridized carbons (Fsp3) is 0.417. The van der Waals surface area contributed by atoms with Crippen molar-refractivity contribution in [3.63, 3.8) is 0 Å². The molecule has 1 aliphatic rings. The van der Waals surface area contributed by atoms with Crippen LogP contribution < -0.4 is 0 Å². The number of nitrogens with zero attached hydrogens (tertiary/aromatic N) is 1. The van der Waals surface area contributed by atoms with Crippen molar-refractivity contribution in [1.29, 1.82) is 5.41 Å². The maximum Gasteiger partial charge on any atom is 0.128 e. The lowest BCUT2D eigenvalue weighted by atomic mass is 10.1. The summed E-state index contributed by atoms with van der Waals surface area (Å²) in [5, 5.41) is 8.02. The largest absolute Gasteiger partial charge is 0.352 e. The predicted molar refractivity (Wildman–Crippen MR) is 67.2 cm³/mol. The molecule has 1 atom stereocenters. The Hall–Kier alpha value is -1.16. The molecule has 1 unspecified atom stereocenters. The van der Waals surface area contributed by atoms with E-state index in [9.17, 15) is 4.21 Å². The van der Waals surface area contributed by atoms with Crippen LogP contribution in [0.1, 0.15) is 17.5 Å². The van der Waals surface area contributed by atoms with Crippen molar-refractivity contribution in [1.82, 2.24) is 4.90 Å². The molecule has 3 nitrogen and oxygen atoms in total. The molecule has 0 radical (unpaired) electrons. The lowest BCUT2D eigenvalue weighted by Gasteiger charge is -2.17. The fourth-order valence-corrected chi connectivity index (χ4v) is 2.53. The quantitative estimate of drug-likeness (QED) is 0.863. The molecule has 0 saturated carbocycles. The first kappa shape index (κ1) is 11.3. The van der Waals surface area contributed by atoms with Crippen LogP contribution in [0.5, 0.6) is 0 Å². The molecule has 1 aromatic rings. The van der Waals surface area contributed by atoms with Crippen LogP contribution in [0, 0.1) is 5.41 Å². The molecule has 0 bridgehead atoms. The van der Waals surface area contributed by atoms with E-state index in [1.165, 1.54) is 5.56 Å². The van der Waals surface area contributed by atoms with Crippen molar-refractivity contribution in [3.8, 4) is 0 Å². The molecule has 0 spiro atoms. The molecule has 4 heteroatoms. The van der Waals surface area contributed by atoms with E-state index in [0.29, 0.717) is 5.84 Å². The normalized spacial score (nSPS) is 16.3. The monoisotopic (exact) mass is 236 g/mol. The van der Waals surface area contributed by atoms with Gasteiger partial charge in [-0.15, -0.1) is 0 Å². The van der Waals surface area contributed by atoms with Crippen LogP contribution in [0.15, 0.2) is 24.3 Å². The van der Waals surface area contributed by atoms with Gasteiger partial charge in [0.05, 0.1) is 0 Å². The summed E-state index contributed by atoms with van der Waals surface area (Å²) in [5.41, 5.74) is 2.27. The highest BCUT2D eigenvalue weighted by atomic mass is 32.2. The number of fused-ring (bicyclic) bond motifs is 1. The van der Waals surface area contributed by atoms with Gasteiger partial charge in [-0.1, -0.05) is 24.3 Å². The van der Waals surface area contributed by atoms with Crippen LogP contribution in [-0.2, 0) is 17.3 Å². The molecule has 1 N–H and O–H groups in total. The highest BCUT2D eigenvalue weighted by Gasteiger charge is 2.22. The number of benzene rings is 1. The Morgan fingerprint density at radius 1 is 1.44 bits per heavy atom.